The number of anilines is 1. The van der Waals surface area contributed by atoms with Crippen molar-refractivity contribution >= 4 is 17.4 Å². The number of carbonyl (C=O) groups is 1. The van der Waals surface area contributed by atoms with Gasteiger partial charge in [-0.1, -0.05) is 41.6 Å². The Morgan fingerprint density at radius 1 is 1.12 bits per heavy atom. The number of hydrogen-bond donors (Lipinski definition) is 1. The van der Waals surface area contributed by atoms with Crippen LogP contribution in [0.15, 0.2) is 70.2 Å². The van der Waals surface area contributed by atoms with Gasteiger partial charge in [-0.05, 0) is 19.1 Å². The van der Waals surface area contributed by atoms with Crippen LogP contribution < -0.4 is 10.9 Å². The number of aromatic nitrogens is 3. The van der Waals surface area contributed by atoms with Crippen LogP contribution in [0, 0.1) is 6.92 Å². The van der Waals surface area contributed by atoms with Crippen LogP contribution in [0.2, 0.25) is 0 Å². The van der Waals surface area contributed by atoms with Gasteiger partial charge >= 0.3 is 0 Å². The lowest BCUT2D eigenvalue weighted by atomic mass is 10.1. The van der Waals surface area contributed by atoms with Gasteiger partial charge in [0, 0.05) is 23.5 Å². The number of rotatable bonds is 3. The number of nitrogens with one attached hydrogen (secondary N) is 1. The molecule has 0 aliphatic heterocycles. The van der Waals surface area contributed by atoms with E-state index in [1.165, 1.54) is 10.6 Å². The summed E-state index contributed by atoms with van der Waals surface area (Å²) in [5, 5.41) is 6.62. The zero-order chi connectivity index (χ0) is 18.1. The number of nitrogens with zero attached hydrogens (tertiary/aromatic N) is 3. The monoisotopic (exact) mass is 346 g/mol. The Morgan fingerprint density at radius 3 is 2.69 bits per heavy atom. The molecule has 0 saturated carbocycles. The van der Waals surface area contributed by atoms with E-state index in [4.69, 9.17) is 4.52 Å². The lowest BCUT2D eigenvalue weighted by Gasteiger charge is -2.04. The number of carbonyl (C=O) groups excluding carboxylic acids is 1. The third kappa shape index (κ3) is 2.65. The van der Waals surface area contributed by atoms with Crippen LogP contribution in [0.4, 0.5) is 5.88 Å². The number of fused-ring (bicyclic) bond motifs is 1. The van der Waals surface area contributed by atoms with Crippen LogP contribution in [0.3, 0.4) is 0 Å². The fraction of sp³-hybridized carbons (Fsp3) is 0.0526. The second kappa shape index (κ2) is 6.29. The van der Waals surface area contributed by atoms with Crippen molar-refractivity contribution in [3.05, 3.63) is 82.4 Å². The predicted octanol–water partition coefficient (Wildman–Crippen LogP) is 2.91. The molecule has 26 heavy (non-hydrogen) atoms. The van der Waals surface area contributed by atoms with Crippen molar-refractivity contribution in [2.75, 3.05) is 5.32 Å². The molecule has 0 aliphatic carbocycles. The fourth-order valence-electron chi connectivity index (χ4n) is 2.67. The smallest absolute Gasteiger partial charge is 0.270 e. The topological polar surface area (TPSA) is 89.5 Å². The molecule has 0 aliphatic rings. The van der Waals surface area contributed by atoms with Crippen molar-refractivity contribution in [1.82, 2.24) is 14.5 Å². The summed E-state index contributed by atoms with van der Waals surface area (Å²) < 4.78 is 6.58. The van der Waals surface area contributed by atoms with Gasteiger partial charge in [0.15, 0.2) is 0 Å². The van der Waals surface area contributed by atoms with Gasteiger partial charge in [0.1, 0.15) is 16.9 Å². The molecule has 7 heteroatoms. The van der Waals surface area contributed by atoms with E-state index in [-0.39, 0.29) is 11.4 Å². The van der Waals surface area contributed by atoms with Gasteiger partial charge < -0.3 is 4.52 Å². The van der Waals surface area contributed by atoms with Gasteiger partial charge in [0.25, 0.3) is 11.5 Å². The van der Waals surface area contributed by atoms with Crippen molar-refractivity contribution in [2.45, 2.75) is 6.92 Å². The predicted molar refractivity (Wildman–Crippen MR) is 96.1 cm³/mol. The Hall–Kier alpha value is -3.74. The van der Waals surface area contributed by atoms with Gasteiger partial charge in [0.2, 0.25) is 5.88 Å². The number of hydrogen-bond acceptors (Lipinski definition) is 5. The van der Waals surface area contributed by atoms with E-state index in [1.54, 1.807) is 31.3 Å². The molecule has 4 rings (SSSR count). The first-order valence-electron chi connectivity index (χ1n) is 7.94. The van der Waals surface area contributed by atoms with E-state index >= 15 is 0 Å². The summed E-state index contributed by atoms with van der Waals surface area (Å²) in [7, 11) is 0. The molecule has 0 saturated heterocycles. The van der Waals surface area contributed by atoms with Gasteiger partial charge in [-0.3, -0.25) is 19.3 Å². The fourth-order valence-corrected chi connectivity index (χ4v) is 2.67. The lowest BCUT2D eigenvalue weighted by molar-refractivity contribution is 0.102. The van der Waals surface area contributed by atoms with Crippen molar-refractivity contribution in [2.24, 2.45) is 0 Å². The molecule has 3 heterocycles. The molecule has 0 spiro atoms. The minimum Gasteiger partial charge on any atom is -0.338 e. The molecule has 1 aromatic carbocycles. The maximum Gasteiger partial charge on any atom is 0.270 e. The summed E-state index contributed by atoms with van der Waals surface area (Å²) in [6.07, 6.45) is 2.82. The first kappa shape index (κ1) is 15.8. The van der Waals surface area contributed by atoms with Crippen LogP contribution in [0.5, 0.6) is 0 Å². The molecule has 7 nitrogen and oxygen atoms in total. The highest BCUT2D eigenvalue weighted by molar-refractivity contribution is 6.03. The first-order chi connectivity index (χ1) is 12.6. The SMILES string of the molecule is Cc1c(-c2ccccc2)noc1NC(=O)c1cnc2ccccn2c1=O. The van der Waals surface area contributed by atoms with Crippen LogP contribution in [-0.4, -0.2) is 20.4 Å². The molecular weight excluding hydrogens is 332 g/mol. The average molecular weight is 346 g/mol. The van der Waals surface area contributed by atoms with Crippen LogP contribution in [0.25, 0.3) is 16.9 Å². The molecule has 1 N–H and O–H groups in total. The summed E-state index contributed by atoms with van der Waals surface area (Å²) in [6, 6.07) is 14.6. The summed E-state index contributed by atoms with van der Waals surface area (Å²) in [5.41, 5.74) is 2.13. The zero-order valence-electron chi connectivity index (χ0n) is 13.8. The van der Waals surface area contributed by atoms with Gasteiger partial charge in [-0.25, -0.2) is 4.98 Å². The molecule has 0 atom stereocenters. The summed E-state index contributed by atoms with van der Waals surface area (Å²) in [5.74, 6) is -0.397. The Morgan fingerprint density at radius 2 is 1.88 bits per heavy atom. The number of benzene rings is 1. The highest BCUT2D eigenvalue weighted by Crippen LogP contribution is 2.27. The normalized spacial score (nSPS) is 10.8. The lowest BCUT2D eigenvalue weighted by Crippen LogP contribution is -2.26. The van der Waals surface area contributed by atoms with Gasteiger partial charge in [0.05, 0.1) is 0 Å². The Bertz CT molecular complexity index is 1160. The molecule has 0 fully saturated rings. The quantitative estimate of drug-likeness (QED) is 0.616. The Balaban J connectivity index is 1.67. The van der Waals surface area contributed by atoms with Crippen molar-refractivity contribution < 1.29 is 9.32 Å². The molecule has 1 amide bonds. The van der Waals surface area contributed by atoms with Crippen molar-refractivity contribution in [3.63, 3.8) is 0 Å². The van der Waals surface area contributed by atoms with E-state index < -0.39 is 11.5 Å². The Kier molecular flexibility index (Phi) is 3.81. The van der Waals surface area contributed by atoms with Crippen molar-refractivity contribution in [3.8, 4) is 11.3 Å². The minimum atomic E-state index is -0.598. The molecule has 0 unspecified atom stereocenters. The molecular formula is C19H14N4O3. The van der Waals surface area contributed by atoms with E-state index in [9.17, 15) is 9.59 Å². The highest BCUT2D eigenvalue weighted by atomic mass is 16.5. The standard InChI is InChI=1S/C19H14N4O3/c1-12-16(13-7-3-2-4-8-13)22-26-18(12)21-17(24)14-11-20-15-9-5-6-10-23(15)19(14)25/h2-11H,1H3,(H,21,24). The molecule has 0 radical (unpaired) electrons. The Labute approximate surface area is 147 Å². The third-order valence-corrected chi connectivity index (χ3v) is 4.06. The maximum atomic E-state index is 12.5. The van der Waals surface area contributed by atoms with Crippen molar-refractivity contribution in [1.29, 1.82) is 0 Å². The number of amides is 1. The molecule has 0 bridgehead atoms. The summed E-state index contributed by atoms with van der Waals surface area (Å²) in [4.78, 5) is 29.1. The van der Waals surface area contributed by atoms with E-state index in [2.05, 4.69) is 15.5 Å². The second-order valence-corrected chi connectivity index (χ2v) is 5.71. The van der Waals surface area contributed by atoms with E-state index in [0.717, 1.165) is 5.56 Å². The summed E-state index contributed by atoms with van der Waals surface area (Å²) in [6.45, 7) is 1.79. The molecule has 3 aromatic heterocycles. The van der Waals surface area contributed by atoms with Crippen LogP contribution in [0.1, 0.15) is 15.9 Å². The maximum absolute atomic E-state index is 12.5. The highest BCUT2D eigenvalue weighted by Gasteiger charge is 2.19. The van der Waals surface area contributed by atoms with E-state index in [0.29, 0.717) is 16.9 Å². The number of pyridine rings is 1. The third-order valence-electron chi connectivity index (χ3n) is 4.06. The van der Waals surface area contributed by atoms with E-state index in [1.807, 2.05) is 30.3 Å². The second-order valence-electron chi connectivity index (χ2n) is 5.71. The summed E-state index contributed by atoms with van der Waals surface area (Å²) >= 11 is 0. The average Bonchev–Trinajstić information content (AvgIpc) is 3.03. The molecule has 128 valence electrons. The van der Waals surface area contributed by atoms with Crippen LogP contribution >= 0.6 is 0 Å². The van der Waals surface area contributed by atoms with Gasteiger partial charge in [-0.15, -0.1) is 0 Å². The van der Waals surface area contributed by atoms with Crippen LogP contribution in [-0.2, 0) is 0 Å². The van der Waals surface area contributed by atoms with Gasteiger partial charge in [-0.2, -0.15) is 0 Å². The molecule has 4 aromatic rings. The largest absolute Gasteiger partial charge is 0.338 e. The first-order valence-corrected chi connectivity index (χ1v) is 7.94. The zero-order valence-corrected chi connectivity index (χ0v) is 13.8. The minimum absolute atomic E-state index is 0.0780.